The second-order valence-corrected chi connectivity index (χ2v) is 22.2. The molecule has 2 fully saturated rings. The average Bonchev–Trinajstić information content (AvgIpc) is 4.11. The lowest BCUT2D eigenvalue weighted by Gasteiger charge is -2.36. The van der Waals surface area contributed by atoms with Crippen LogP contribution in [0.1, 0.15) is 115 Å². The van der Waals surface area contributed by atoms with Crippen LogP contribution < -0.4 is 20.7 Å². The molecule has 5 atom stereocenters. The van der Waals surface area contributed by atoms with Crippen LogP contribution in [0.4, 0.5) is 4.39 Å². The zero-order valence-corrected chi connectivity index (χ0v) is 44.1. The molecule has 2 aliphatic heterocycles. The van der Waals surface area contributed by atoms with E-state index >= 15 is 4.39 Å². The number of β-amino-alcohol motifs (C(OH)–C–C–N with tert-alkyl or cyclic N) is 1. The van der Waals surface area contributed by atoms with E-state index in [1.807, 2.05) is 79.4 Å². The number of amides is 4. The fourth-order valence-electron chi connectivity index (χ4n) is 9.80. The summed E-state index contributed by atoms with van der Waals surface area (Å²) < 4.78 is 23.2. The van der Waals surface area contributed by atoms with Gasteiger partial charge in [0.2, 0.25) is 23.6 Å². The van der Waals surface area contributed by atoms with Crippen LogP contribution in [0, 0.1) is 39.4 Å². The Morgan fingerprint density at radius 1 is 0.918 bits per heavy atom. The van der Waals surface area contributed by atoms with E-state index in [0.717, 1.165) is 54.0 Å². The number of thiazole rings is 1. The molecule has 0 spiro atoms. The van der Waals surface area contributed by atoms with Crippen molar-refractivity contribution < 1.29 is 33.4 Å². The Morgan fingerprint density at radius 2 is 1.64 bits per heavy atom. The van der Waals surface area contributed by atoms with Gasteiger partial charge in [-0.25, -0.2) is 9.37 Å². The summed E-state index contributed by atoms with van der Waals surface area (Å²) in [5, 5.41) is 30.1. The number of carbonyl (C=O) groups excluding carboxylic acids is 4. The molecule has 3 aromatic carbocycles. The van der Waals surface area contributed by atoms with Gasteiger partial charge < -0.3 is 30.7 Å². The molecule has 15 nitrogen and oxygen atoms in total. The Hall–Kier alpha value is -6.34. The molecule has 19 heteroatoms. The van der Waals surface area contributed by atoms with Crippen LogP contribution in [0.15, 0.2) is 77.2 Å². The van der Waals surface area contributed by atoms with Gasteiger partial charge in [0, 0.05) is 65.4 Å². The van der Waals surface area contributed by atoms with Crippen molar-refractivity contribution >= 4 is 63.6 Å². The molecule has 382 valence electrons. The third kappa shape index (κ3) is 11.3. The van der Waals surface area contributed by atoms with E-state index in [4.69, 9.17) is 21.3 Å². The summed E-state index contributed by atoms with van der Waals surface area (Å²) in [7, 11) is 0. The monoisotopic (exact) mass is 1050 g/mol. The molecule has 1 aliphatic carbocycles. The maximum absolute atomic E-state index is 15.0. The molecule has 0 unspecified atom stereocenters. The van der Waals surface area contributed by atoms with Gasteiger partial charge in [0.1, 0.15) is 46.6 Å². The van der Waals surface area contributed by atoms with Crippen molar-refractivity contribution in [1.82, 2.24) is 40.6 Å². The zero-order chi connectivity index (χ0) is 51.8. The van der Waals surface area contributed by atoms with E-state index in [1.165, 1.54) is 17.0 Å². The molecule has 0 radical (unpaired) electrons. The summed E-state index contributed by atoms with van der Waals surface area (Å²) in [5.41, 5.74) is 8.94. The van der Waals surface area contributed by atoms with Crippen molar-refractivity contribution in [2.75, 3.05) is 6.54 Å². The van der Waals surface area contributed by atoms with Crippen molar-refractivity contribution in [3.8, 4) is 21.2 Å². The summed E-state index contributed by atoms with van der Waals surface area (Å²) >= 11 is 9.47. The van der Waals surface area contributed by atoms with Gasteiger partial charge in [0.15, 0.2) is 5.82 Å². The van der Waals surface area contributed by atoms with E-state index in [-0.39, 0.29) is 62.2 Å². The first-order valence-corrected chi connectivity index (χ1v) is 26.7. The summed E-state index contributed by atoms with van der Waals surface area (Å²) in [5.74, 6) is -0.728. The van der Waals surface area contributed by atoms with Crippen LogP contribution in [-0.4, -0.2) is 96.0 Å². The maximum atomic E-state index is 15.0. The highest BCUT2D eigenvalue weighted by atomic mass is 35.5. The topological polar surface area (TPSA) is 193 Å². The largest absolute Gasteiger partial charge is 0.490 e. The molecule has 5 heterocycles. The lowest BCUT2D eigenvalue weighted by molar-refractivity contribution is -0.142. The van der Waals surface area contributed by atoms with Gasteiger partial charge in [-0.2, -0.15) is 0 Å². The number of likely N-dealkylation sites (tertiary alicyclic amines) is 1. The van der Waals surface area contributed by atoms with Crippen LogP contribution in [0.25, 0.3) is 15.4 Å². The molecule has 1 saturated carbocycles. The molecule has 6 aromatic rings. The van der Waals surface area contributed by atoms with Gasteiger partial charge in [-0.3, -0.25) is 28.7 Å². The minimum Gasteiger partial charge on any atom is -0.490 e. The van der Waals surface area contributed by atoms with Crippen LogP contribution in [0.2, 0.25) is 5.02 Å². The smallest absolute Gasteiger partial charge is 0.246 e. The van der Waals surface area contributed by atoms with Gasteiger partial charge in [-0.15, -0.1) is 32.9 Å². The Morgan fingerprint density at radius 3 is 2.34 bits per heavy atom. The molecule has 0 bridgehead atoms. The molecule has 4 amide bonds. The number of aliphatic hydroxyl groups is 1. The number of halogens is 2. The second-order valence-electron chi connectivity index (χ2n) is 19.7. The zero-order valence-electron chi connectivity index (χ0n) is 41.7. The standard InChI is InChI=1S/C54H59ClFN9O6S2/c1-27(2)48(53(70)64-25-40(66)23-44(64)52(69)58-29(4)34-9-11-36(12-10-34)50-30(5)57-26-72-50)61-45(67)17-8-33-18-38(56)20-41(19-33)71-42-21-39(22-42)59-46(68)24-43-51-63-62-32(7)65(51)54-47(28(3)31(6)73-54)49(60-43)35-13-15-37(55)16-14-35/h9-16,18-20,26-27,29,39-40,42-44,48,66H,8,17,21-25H2,1-7H3,(H,58,69)(H,59,68)(H,61,67)/t29-,39-,40+,42-,43-,44-,48-/m0/s1. The van der Waals surface area contributed by atoms with Crippen LogP contribution in [-0.2, 0) is 25.6 Å². The normalized spacial score (nSPS) is 20.0. The number of aliphatic imine (C=N–C) groups is 1. The van der Waals surface area contributed by atoms with E-state index in [2.05, 4.69) is 45.0 Å². The number of nitrogens with zero attached hydrogens (tertiary/aromatic N) is 6. The average molecular weight is 1050 g/mol. The van der Waals surface area contributed by atoms with E-state index < -0.39 is 47.8 Å². The van der Waals surface area contributed by atoms with E-state index in [0.29, 0.717) is 40.8 Å². The number of carbonyl (C=O) groups is 4. The highest BCUT2D eigenvalue weighted by molar-refractivity contribution is 7.15. The number of aryl methyl sites for hydroxylation is 4. The van der Waals surface area contributed by atoms with Crippen LogP contribution in [0.5, 0.6) is 5.75 Å². The quantitative estimate of drug-likeness (QED) is 0.0737. The number of hydrogen-bond donors (Lipinski definition) is 4. The summed E-state index contributed by atoms with van der Waals surface area (Å²) in [4.78, 5) is 68.0. The molecular formula is C54H59ClFN9O6S2. The van der Waals surface area contributed by atoms with Gasteiger partial charge in [-0.1, -0.05) is 61.8 Å². The lowest BCUT2D eigenvalue weighted by Crippen LogP contribution is -2.55. The molecular weight excluding hydrogens is 989 g/mol. The summed E-state index contributed by atoms with van der Waals surface area (Å²) in [6.07, 6.45) is 0.0773. The van der Waals surface area contributed by atoms with E-state index in [1.54, 1.807) is 42.6 Å². The highest BCUT2D eigenvalue weighted by Gasteiger charge is 2.43. The summed E-state index contributed by atoms with van der Waals surface area (Å²) in [6.45, 7) is 13.4. The van der Waals surface area contributed by atoms with Gasteiger partial charge >= 0.3 is 0 Å². The van der Waals surface area contributed by atoms with Crippen molar-refractivity contribution in [3.63, 3.8) is 0 Å². The predicted octanol–water partition coefficient (Wildman–Crippen LogP) is 8.40. The SMILES string of the molecule is Cc1ncsc1-c1ccc([C@H](C)NC(=O)[C@@H]2C[C@@H](O)CN2C(=O)[C@@H](NC(=O)CCc2cc(F)cc(O[C@H]3C[C@H](NC(=O)C[C@@H]4N=C(c5ccc(Cl)cc5)c5c(sc(C)c5C)-n5c(C)nnc54)C3)c2)C(C)C)cc1. The number of benzene rings is 3. The molecule has 4 N–H and O–H groups in total. The van der Waals surface area contributed by atoms with Crippen LogP contribution in [0.3, 0.4) is 0 Å². The second kappa shape index (κ2) is 21.6. The van der Waals surface area contributed by atoms with Crippen LogP contribution >= 0.6 is 34.3 Å². The van der Waals surface area contributed by atoms with Gasteiger partial charge in [-0.05, 0) is 93.5 Å². The molecule has 9 rings (SSSR count). The molecule has 1 saturated heterocycles. The minimum atomic E-state index is -0.967. The van der Waals surface area contributed by atoms with Gasteiger partial charge in [0.25, 0.3) is 0 Å². The Kier molecular flexibility index (Phi) is 15.3. The van der Waals surface area contributed by atoms with Crippen molar-refractivity contribution in [2.45, 2.75) is 129 Å². The molecule has 73 heavy (non-hydrogen) atoms. The number of aromatic nitrogens is 4. The Balaban J connectivity index is 0.770. The fraction of sp³-hybridized carbons (Fsp3) is 0.407. The first kappa shape index (κ1) is 51.6. The number of nitrogens with one attached hydrogen (secondary N) is 3. The summed E-state index contributed by atoms with van der Waals surface area (Å²) in [6, 6.07) is 16.7. The van der Waals surface area contributed by atoms with Gasteiger partial charge in [0.05, 0.1) is 40.4 Å². The highest BCUT2D eigenvalue weighted by Crippen LogP contribution is 2.40. The van der Waals surface area contributed by atoms with Crippen molar-refractivity contribution in [1.29, 1.82) is 0 Å². The maximum Gasteiger partial charge on any atom is 0.246 e. The van der Waals surface area contributed by atoms with Crippen molar-refractivity contribution in [3.05, 3.63) is 133 Å². The first-order valence-electron chi connectivity index (χ1n) is 24.6. The number of fused-ring (bicyclic) bond motifs is 3. The lowest BCUT2D eigenvalue weighted by atomic mass is 9.89. The minimum absolute atomic E-state index is 0.0428. The van der Waals surface area contributed by atoms with E-state index in [9.17, 15) is 24.3 Å². The third-order valence-electron chi connectivity index (χ3n) is 14.0. The number of aliphatic hydroxyl groups excluding tert-OH is 1. The Bertz CT molecular complexity index is 3070. The molecule has 3 aromatic heterocycles. The fourth-order valence-corrected chi connectivity index (χ4v) is 11.9. The molecule has 3 aliphatic rings. The number of rotatable bonds is 16. The predicted molar refractivity (Wildman–Crippen MR) is 280 cm³/mol. The van der Waals surface area contributed by atoms with Crippen molar-refractivity contribution in [2.24, 2.45) is 10.9 Å². The first-order chi connectivity index (χ1) is 34.9. The Labute approximate surface area is 436 Å². The number of ether oxygens (including phenoxy) is 1. The number of hydrogen-bond acceptors (Lipinski definition) is 12. The number of thiophene rings is 1. The third-order valence-corrected chi connectivity index (χ3v) is 16.4.